The molecule has 0 aliphatic heterocycles. The summed E-state index contributed by atoms with van der Waals surface area (Å²) in [5, 5.41) is 7.41. The van der Waals surface area contributed by atoms with Crippen molar-refractivity contribution < 1.29 is 13.2 Å². The summed E-state index contributed by atoms with van der Waals surface area (Å²) >= 11 is 0. The summed E-state index contributed by atoms with van der Waals surface area (Å²) in [6, 6.07) is 1.67. The lowest BCUT2D eigenvalue weighted by molar-refractivity contribution is 0.0799. The van der Waals surface area contributed by atoms with Crippen LogP contribution in [-0.2, 0) is 14.8 Å². The van der Waals surface area contributed by atoms with Gasteiger partial charge in [-0.1, -0.05) is 0 Å². The normalized spacial score (nSPS) is 15.9. The molecular formula is C8H16N2O3S. The first-order valence-electron chi connectivity index (χ1n) is 4.43. The quantitative estimate of drug-likeness (QED) is 0.695. The predicted molar refractivity (Wildman–Crippen MR) is 53.1 cm³/mol. The number of nitriles is 1. The van der Waals surface area contributed by atoms with Gasteiger partial charge in [0.25, 0.3) is 0 Å². The van der Waals surface area contributed by atoms with Crippen LogP contribution in [0, 0.1) is 11.3 Å². The molecule has 0 heterocycles. The summed E-state index contributed by atoms with van der Waals surface area (Å²) in [5.41, 5.74) is 0. The molecule has 0 rings (SSSR count). The number of ether oxygens (including phenoxy) is 1. The first kappa shape index (κ1) is 13.4. The molecule has 0 aromatic carbocycles. The maximum atomic E-state index is 11.3. The zero-order valence-corrected chi connectivity index (χ0v) is 9.47. The second kappa shape index (κ2) is 5.96. The van der Waals surface area contributed by atoms with Gasteiger partial charge in [-0.25, -0.2) is 13.1 Å². The van der Waals surface area contributed by atoms with E-state index in [1.54, 1.807) is 13.0 Å². The molecule has 5 nitrogen and oxygen atoms in total. The summed E-state index contributed by atoms with van der Waals surface area (Å²) in [6.07, 6.45) is -0.180. The molecule has 0 saturated carbocycles. The van der Waals surface area contributed by atoms with Crippen molar-refractivity contribution in [3.05, 3.63) is 0 Å². The van der Waals surface area contributed by atoms with Gasteiger partial charge in [0, 0.05) is 13.2 Å². The Balaban J connectivity index is 4.08. The van der Waals surface area contributed by atoms with E-state index in [1.807, 2.05) is 6.92 Å². The van der Waals surface area contributed by atoms with E-state index in [-0.39, 0.29) is 12.6 Å². The van der Waals surface area contributed by atoms with Gasteiger partial charge < -0.3 is 4.74 Å². The van der Waals surface area contributed by atoms with Crippen molar-refractivity contribution in [3.63, 3.8) is 0 Å². The zero-order chi connectivity index (χ0) is 11.2. The van der Waals surface area contributed by atoms with Gasteiger partial charge in [-0.15, -0.1) is 0 Å². The third-order valence-electron chi connectivity index (χ3n) is 1.67. The van der Waals surface area contributed by atoms with Gasteiger partial charge in [-0.05, 0) is 20.8 Å². The standard InChI is InChI=1S/C8H16N2O3S/c1-4-13-7(2)6-10-14(11,12)8(3)5-9/h7-8,10H,4,6H2,1-3H3. The fourth-order valence-corrected chi connectivity index (χ4v) is 1.63. The third kappa shape index (κ3) is 4.56. The number of hydrogen-bond acceptors (Lipinski definition) is 4. The van der Waals surface area contributed by atoms with Crippen molar-refractivity contribution >= 4 is 10.0 Å². The Bertz CT molecular complexity index is 294. The number of hydrogen-bond donors (Lipinski definition) is 1. The van der Waals surface area contributed by atoms with Gasteiger partial charge in [-0.3, -0.25) is 0 Å². The van der Waals surface area contributed by atoms with Crippen LogP contribution in [0.1, 0.15) is 20.8 Å². The van der Waals surface area contributed by atoms with Crippen LogP contribution < -0.4 is 4.72 Å². The van der Waals surface area contributed by atoms with Gasteiger partial charge in [0.15, 0.2) is 5.25 Å². The molecule has 0 bridgehead atoms. The van der Waals surface area contributed by atoms with Crippen molar-refractivity contribution in [1.29, 1.82) is 5.26 Å². The van der Waals surface area contributed by atoms with Crippen molar-refractivity contribution in [3.8, 4) is 6.07 Å². The van der Waals surface area contributed by atoms with Crippen LogP contribution >= 0.6 is 0 Å². The summed E-state index contributed by atoms with van der Waals surface area (Å²) in [7, 11) is -3.51. The molecule has 0 saturated heterocycles. The summed E-state index contributed by atoms with van der Waals surface area (Å²) < 4.78 is 30.0. The minimum atomic E-state index is -3.51. The second-order valence-corrected chi connectivity index (χ2v) is 5.02. The molecule has 0 spiro atoms. The van der Waals surface area contributed by atoms with E-state index in [9.17, 15) is 8.42 Å². The Labute approximate surface area is 85.1 Å². The molecule has 82 valence electrons. The van der Waals surface area contributed by atoms with Crippen LogP contribution in [0.2, 0.25) is 0 Å². The average molecular weight is 220 g/mol. The van der Waals surface area contributed by atoms with Crippen molar-refractivity contribution in [2.75, 3.05) is 13.2 Å². The lowest BCUT2D eigenvalue weighted by Gasteiger charge is -2.13. The first-order chi connectivity index (χ1) is 6.44. The molecule has 0 fully saturated rings. The van der Waals surface area contributed by atoms with Gasteiger partial charge in [-0.2, -0.15) is 5.26 Å². The summed E-state index contributed by atoms with van der Waals surface area (Å²) in [4.78, 5) is 0. The van der Waals surface area contributed by atoms with Crippen LogP contribution in [0.3, 0.4) is 0 Å². The van der Waals surface area contributed by atoms with Crippen LogP contribution in [-0.4, -0.2) is 32.9 Å². The van der Waals surface area contributed by atoms with Gasteiger partial charge in [0.1, 0.15) is 0 Å². The van der Waals surface area contributed by atoms with E-state index in [1.165, 1.54) is 6.92 Å². The monoisotopic (exact) mass is 220 g/mol. The Morgan fingerprint density at radius 2 is 2.07 bits per heavy atom. The first-order valence-corrected chi connectivity index (χ1v) is 5.98. The van der Waals surface area contributed by atoms with Crippen molar-refractivity contribution in [1.82, 2.24) is 4.72 Å². The molecule has 1 N–H and O–H groups in total. The van der Waals surface area contributed by atoms with E-state index in [2.05, 4.69) is 4.72 Å². The molecule has 0 aromatic heterocycles. The minimum absolute atomic E-state index is 0.180. The van der Waals surface area contributed by atoms with E-state index in [4.69, 9.17) is 10.00 Å². The van der Waals surface area contributed by atoms with Gasteiger partial charge in [0.05, 0.1) is 12.2 Å². The summed E-state index contributed by atoms with van der Waals surface area (Å²) in [5.74, 6) is 0. The van der Waals surface area contributed by atoms with E-state index >= 15 is 0 Å². The van der Waals surface area contributed by atoms with E-state index < -0.39 is 15.3 Å². The molecule has 0 radical (unpaired) electrons. The number of rotatable bonds is 6. The highest BCUT2D eigenvalue weighted by Crippen LogP contribution is 1.97. The average Bonchev–Trinajstić information content (AvgIpc) is 2.14. The minimum Gasteiger partial charge on any atom is -0.377 e. The lowest BCUT2D eigenvalue weighted by atomic mass is 10.4. The van der Waals surface area contributed by atoms with Crippen LogP contribution in [0.15, 0.2) is 0 Å². The third-order valence-corrected chi connectivity index (χ3v) is 3.28. The van der Waals surface area contributed by atoms with Crippen LogP contribution in [0.5, 0.6) is 0 Å². The highest BCUT2D eigenvalue weighted by atomic mass is 32.2. The Morgan fingerprint density at radius 1 is 1.50 bits per heavy atom. The lowest BCUT2D eigenvalue weighted by Crippen LogP contribution is -2.37. The van der Waals surface area contributed by atoms with Gasteiger partial charge in [0.2, 0.25) is 10.0 Å². The molecular weight excluding hydrogens is 204 g/mol. The Morgan fingerprint density at radius 3 is 2.50 bits per heavy atom. The Hall–Kier alpha value is -0.640. The Kier molecular flexibility index (Phi) is 5.69. The molecule has 14 heavy (non-hydrogen) atoms. The highest BCUT2D eigenvalue weighted by Gasteiger charge is 2.20. The summed E-state index contributed by atoms with van der Waals surface area (Å²) in [6.45, 7) is 5.68. The molecule has 0 amide bonds. The zero-order valence-electron chi connectivity index (χ0n) is 8.65. The topological polar surface area (TPSA) is 79.2 Å². The van der Waals surface area contributed by atoms with E-state index in [0.717, 1.165) is 0 Å². The maximum Gasteiger partial charge on any atom is 0.227 e. The molecule has 0 aromatic rings. The molecule has 6 heteroatoms. The number of nitrogens with zero attached hydrogens (tertiary/aromatic N) is 1. The molecule has 2 atom stereocenters. The highest BCUT2D eigenvalue weighted by molar-refractivity contribution is 7.90. The maximum absolute atomic E-state index is 11.3. The fraction of sp³-hybridized carbons (Fsp3) is 0.875. The number of nitrogens with one attached hydrogen (secondary N) is 1. The van der Waals surface area contributed by atoms with E-state index in [0.29, 0.717) is 6.61 Å². The molecule has 2 unspecified atom stereocenters. The van der Waals surface area contributed by atoms with Crippen molar-refractivity contribution in [2.24, 2.45) is 0 Å². The van der Waals surface area contributed by atoms with Crippen LogP contribution in [0.4, 0.5) is 0 Å². The SMILES string of the molecule is CCOC(C)CNS(=O)(=O)C(C)C#N. The van der Waals surface area contributed by atoms with Crippen molar-refractivity contribution in [2.45, 2.75) is 32.1 Å². The van der Waals surface area contributed by atoms with Crippen LogP contribution in [0.25, 0.3) is 0 Å². The number of sulfonamides is 1. The largest absolute Gasteiger partial charge is 0.377 e. The second-order valence-electron chi connectivity index (χ2n) is 2.93. The predicted octanol–water partition coefficient (Wildman–Crippen LogP) is 0.243. The molecule has 0 aliphatic carbocycles. The molecule has 0 aliphatic rings. The van der Waals surface area contributed by atoms with Gasteiger partial charge >= 0.3 is 0 Å². The fourth-order valence-electron chi connectivity index (χ4n) is 0.771. The smallest absolute Gasteiger partial charge is 0.227 e.